The summed E-state index contributed by atoms with van der Waals surface area (Å²) in [7, 11) is 0. The number of nitrogens with two attached hydrogens (primary N) is 1. The fourth-order valence-corrected chi connectivity index (χ4v) is 2.78. The van der Waals surface area contributed by atoms with Crippen LogP contribution in [0.2, 0.25) is 0 Å². The maximum absolute atomic E-state index is 13.8. The smallest absolute Gasteiger partial charge is 0.167 e. The largest absolute Gasteiger partial charge is 0.490 e. The molecule has 3 nitrogen and oxygen atoms in total. The Balaban J connectivity index is 2.07. The molecule has 0 amide bonds. The second-order valence-corrected chi connectivity index (χ2v) is 5.88. The lowest BCUT2D eigenvalue weighted by molar-refractivity contribution is 0.301. The van der Waals surface area contributed by atoms with Crippen molar-refractivity contribution < 1.29 is 9.13 Å². The van der Waals surface area contributed by atoms with Gasteiger partial charge in [0.1, 0.15) is 0 Å². The molecule has 0 saturated heterocycles. The van der Waals surface area contributed by atoms with E-state index in [0.717, 1.165) is 12.8 Å². The molecule has 1 unspecified atom stereocenters. The SMILES string of the molecule is CCCOc1cc(NC(C)Cc2ccsc2)c(N)cc1F. The van der Waals surface area contributed by atoms with Crippen molar-refractivity contribution in [3.05, 3.63) is 40.3 Å². The third kappa shape index (κ3) is 4.36. The molecule has 0 aliphatic carbocycles. The van der Waals surface area contributed by atoms with Gasteiger partial charge in [0.25, 0.3) is 0 Å². The maximum atomic E-state index is 13.8. The molecular formula is C16H21FN2OS. The molecule has 2 aromatic rings. The summed E-state index contributed by atoms with van der Waals surface area (Å²) in [4.78, 5) is 0. The van der Waals surface area contributed by atoms with Gasteiger partial charge < -0.3 is 15.8 Å². The highest BCUT2D eigenvalue weighted by Crippen LogP contribution is 2.29. The van der Waals surface area contributed by atoms with Gasteiger partial charge in [-0.15, -0.1) is 0 Å². The minimum absolute atomic E-state index is 0.200. The van der Waals surface area contributed by atoms with Gasteiger partial charge in [0.05, 0.1) is 18.0 Å². The van der Waals surface area contributed by atoms with Crippen molar-refractivity contribution in [3.8, 4) is 5.75 Å². The third-order valence-corrected chi connectivity index (χ3v) is 3.82. The van der Waals surface area contributed by atoms with Gasteiger partial charge in [-0.05, 0) is 42.2 Å². The Morgan fingerprint density at radius 1 is 1.43 bits per heavy atom. The summed E-state index contributed by atoms with van der Waals surface area (Å²) in [6.45, 7) is 4.55. The standard InChI is InChI=1S/C16H21FN2OS/c1-3-5-20-16-9-15(14(18)8-13(16)17)19-11(2)7-12-4-6-21-10-12/h4,6,8-11,19H,3,5,7,18H2,1-2H3. The van der Waals surface area contributed by atoms with E-state index < -0.39 is 5.82 Å². The van der Waals surface area contributed by atoms with Crippen molar-refractivity contribution in [2.45, 2.75) is 32.7 Å². The Morgan fingerprint density at radius 2 is 2.24 bits per heavy atom. The number of halogens is 1. The van der Waals surface area contributed by atoms with E-state index in [0.29, 0.717) is 18.0 Å². The molecule has 0 aliphatic heterocycles. The maximum Gasteiger partial charge on any atom is 0.167 e. The van der Waals surface area contributed by atoms with Crippen LogP contribution in [0, 0.1) is 5.82 Å². The zero-order chi connectivity index (χ0) is 15.2. The molecule has 21 heavy (non-hydrogen) atoms. The molecule has 0 fully saturated rings. The molecular weight excluding hydrogens is 287 g/mol. The van der Waals surface area contributed by atoms with Crippen LogP contribution in [0.3, 0.4) is 0 Å². The molecule has 0 bridgehead atoms. The van der Waals surface area contributed by atoms with E-state index in [1.807, 2.05) is 6.92 Å². The first kappa shape index (κ1) is 15.6. The lowest BCUT2D eigenvalue weighted by Crippen LogP contribution is -2.19. The van der Waals surface area contributed by atoms with E-state index in [9.17, 15) is 4.39 Å². The number of benzene rings is 1. The number of nitrogen functional groups attached to an aromatic ring is 1. The molecule has 0 spiro atoms. The van der Waals surface area contributed by atoms with Crippen LogP contribution >= 0.6 is 11.3 Å². The zero-order valence-electron chi connectivity index (χ0n) is 12.4. The first-order valence-electron chi connectivity index (χ1n) is 7.09. The number of hydrogen-bond donors (Lipinski definition) is 2. The summed E-state index contributed by atoms with van der Waals surface area (Å²) in [5.41, 5.74) is 8.28. The Morgan fingerprint density at radius 3 is 2.90 bits per heavy atom. The van der Waals surface area contributed by atoms with Crippen molar-refractivity contribution >= 4 is 22.7 Å². The summed E-state index contributed by atoms with van der Waals surface area (Å²) in [5.74, 6) is -0.173. The second-order valence-electron chi connectivity index (χ2n) is 5.10. The van der Waals surface area contributed by atoms with Crippen LogP contribution in [0.1, 0.15) is 25.8 Å². The van der Waals surface area contributed by atoms with Crippen molar-refractivity contribution in [1.29, 1.82) is 0 Å². The van der Waals surface area contributed by atoms with Crippen LogP contribution in [-0.4, -0.2) is 12.6 Å². The summed E-state index contributed by atoms with van der Waals surface area (Å²) >= 11 is 1.68. The average Bonchev–Trinajstić information content (AvgIpc) is 2.93. The number of ether oxygens (including phenoxy) is 1. The minimum atomic E-state index is -0.419. The quantitative estimate of drug-likeness (QED) is 0.750. The molecule has 0 aliphatic rings. The summed E-state index contributed by atoms with van der Waals surface area (Å²) in [5, 5.41) is 7.51. The fourth-order valence-electron chi connectivity index (χ4n) is 2.10. The van der Waals surface area contributed by atoms with E-state index in [2.05, 4.69) is 29.1 Å². The zero-order valence-corrected chi connectivity index (χ0v) is 13.2. The van der Waals surface area contributed by atoms with Crippen LogP contribution in [0.5, 0.6) is 5.75 Å². The van der Waals surface area contributed by atoms with Crippen LogP contribution < -0.4 is 15.8 Å². The van der Waals surface area contributed by atoms with Crippen LogP contribution in [0.4, 0.5) is 15.8 Å². The molecule has 1 heterocycles. The van der Waals surface area contributed by atoms with Crippen LogP contribution in [0.25, 0.3) is 0 Å². The lowest BCUT2D eigenvalue weighted by atomic mass is 10.1. The van der Waals surface area contributed by atoms with Gasteiger partial charge in [-0.3, -0.25) is 0 Å². The predicted molar refractivity (Wildman–Crippen MR) is 87.7 cm³/mol. The summed E-state index contributed by atoms with van der Waals surface area (Å²) in [6.07, 6.45) is 1.73. The molecule has 1 aromatic carbocycles. The van der Waals surface area contributed by atoms with E-state index in [1.54, 1.807) is 17.4 Å². The summed E-state index contributed by atoms with van der Waals surface area (Å²) < 4.78 is 19.2. The van der Waals surface area contributed by atoms with E-state index in [4.69, 9.17) is 10.5 Å². The predicted octanol–water partition coefficient (Wildman–Crippen LogP) is 4.30. The third-order valence-electron chi connectivity index (χ3n) is 3.09. The van der Waals surface area contributed by atoms with Gasteiger partial charge in [0.2, 0.25) is 0 Å². The Labute approximate surface area is 128 Å². The van der Waals surface area contributed by atoms with Crippen molar-refractivity contribution in [2.75, 3.05) is 17.7 Å². The highest BCUT2D eigenvalue weighted by atomic mass is 32.1. The topological polar surface area (TPSA) is 47.3 Å². The van der Waals surface area contributed by atoms with Gasteiger partial charge in [-0.1, -0.05) is 6.92 Å². The monoisotopic (exact) mass is 308 g/mol. The molecule has 3 N–H and O–H groups in total. The van der Waals surface area contributed by atoms with Crippen LogP contribution in [0.15, 0.2) is 29.0 Å². The number of hydrogen-bond acceptors (Lipinski definition) is 4. The molecule has 1 aromatic heterocycles. The van der Waals surface area contributed by atoms with Gasteiger partial charge in [-0.2, -0.15) is 11.3 Å². The minimum Gasteiger partial charge on any atom is -0.490 e. The fraction of sp³-hybridized carbons (Fsp3) is 0.375. The normalized spacial score (nSPS) is 12.1. The molecule has 114 valence electrons. The van der Waals surface area contributed by atoms with Crippen molar-refractivity contribution in [3.63, 3.8) is 0 Å². The van der Waals surface area contributed by atoms with Crippen molar-refractivity contribution in [1.82, 2.24) is 0 Å². The first-order chi connectivity index (χ1) is 10.1. The number of nitrogens with one attached hydrogen (secondary N) is 1. The van der Waals surface area contributed by atoms with Gasteiger partial charge in [0, 0.05) is 18.2 Å². The molecule has 5 heteroatoms. The summed E-state index contributed by atoms with van der Waals surface area (Å²) in [6, 6.07) is 5.26. The van der Waals surface area contributed by atoms with E-state index in [-0.39, 0.29) is 11.8 Å². The highest BCUT2D eigenvalue weighted by molar-refractivity contribution is 7.07. The van der Waals surface area contributed by atoms with Gasteiger partial charge >= 0.3 is 0 Å². The number of rotatable bonds is 7. The molecule has 2 rings (SSSR count). The number of thiophene rings is 1. The van der Waals surface area contributed by atoms with E-state index >= 15 is 0 Å². The Kier molecular flexibility index (Phi) is 5.44. The molecule has 0 radical (unpaired) electrons. The van der Waals surface area contributed by atoms with Gasteiger partial charge in [0.15, 0.2) is 11.6 Å². The van der Waals surface area contributed by atoms with Crippen LogP contribution in [-0.2, 0) is 6.42 Å². The molecule has 1 atom stereocenters. The Hall–Kier alpha value is -1.75. The first-order valence-corrected chi connectivity index (χ1v) is 8.03. The average molecular weight is 308 g/mol. The highest BCUT2D eigenvalue weighted by Gasteiger charge is 2.11. The lowest BCUT2D eigenvalue weighted by Gasteiger charge is -2.18. The second kappa shape index (κ2) is 7.31. The Bertz CT molecular complexity index is 572. The van der Waals surface area contributed by atoms with Gasteiger partial charge in [-0.25, -0.2) is 4.39 Å². The molecule has 0 saturated carbocycles. The van der Waals surface area contributed by atoms with Crippen molar-refractivity contribution in [2.24, 2.45) is 0 Å². The van der Waals surface area contributed by atoms with E-state index in [1.165, 1.54) is 11.6 Å². The number of anilines is 2.